The smallest absolute Gasteiger partial charge is 0.314 e. The molecule has 1 aromatic carbocycles. The Morgan fingerprint density at radius 3 is 2.26 bits per heavy atom. The Labute approximate surface area is 136 Å². The molecule has 0 bridgehead atoms. The Morgan fingerprint density at radius 2 is 1.61 bits per heavy atom. The highest BCUT2D eigenvalue weighted by atomic mass is 19.1. The maximum atomic E-state index is 13.4. The summed E-state index contributed by atoms with van der Waals surface area (Å²) < 4.78 is 13.4. The summed E-state index contributed by atoms with van der Waals surface area (Å²) in [7, 11) is 3.96. The van der Waals surface area contributed by atoms with Crippen LogP contribution in [0.3, 0.4) is 0 Å². The molecule has 23 heavy (non-hydrogen) atoms. The second kappa shape index (κ2) is 10.6. The first-order chi connectivity index (χ1) is 11.0. The van der Waals surface area contributed by atoms with E-state index >= 15 is 0 Å². The van der Waals surface area contributed by atoms with Crippen molar-refractivity contribution >= 4 is 11.9 Å². The van der Waals surface area contributed by atoms with Crippen LogP contribution in [0.25, 0.3) is 0 Å². The van der Waals surface area contributed by atoms with Gasteiger partial charge in [0.15, 0.2) is 0 Å². The third kappa shape index (κ3) is 8.15. The van der Waals surface area contributed by atoms with Crippen LogP contribution in [-0.4, -0.2) is 57.1 Å². The van der Waals surface area contributed by atoms with E-state index in [1.54, 1.807) is 6.07 Å². The van der Waals surface area contributed by atoms with Gasteiger partial charge < -0.3 is 20.9 Å². The highest BCUT2D eigenvalue weighted by molar-refractivity contribution is 5.94. The minimum atomic E-state index is -0.541. The van der Waals surface area contributed by atoms with Gasteiger partial charge in [-0.1, -0.05) is 12.1 Å². The number of urea groups is 1. The Balaban J connectivity index is 2.08. The average Bonchev–Trinajstić information content (AvgIpc) is 2.51. The lowest BCUT2D eigenvalue weighted by atomic mass is 10.2. The van der Waals surface area contributed by atoms with Crippen LogP contribution in [0.4, 0.5) is 9.18 Å². The largest absolute Gasteiger partial charge is 0.352 e. The fourth-order valence-corrected chi connectivity index (χ4v) is 1.89. The van der Waals surface area contributed by atoms with Gasteiger partial charge >= 0.3 is 6.03 Å². The van der Waals surface area contributed by atoms with E-state index in [1.165, 1.54) is 18.2 Å². The zero-order valence-corrected chi connectivity index (χ0v) is 13.7. The molecule has 7 heteroatoms. The van der Waals surface area contributed by atoms with Crippen LogP contribution in [0.2, 0.25) is 0 Å². The van der Waals surface area contributed by atoms with Crippen LogP contribution in [0.15, 0.2) is 24.3 Å². The average molecular weight is 324 g/mol. The SMILES string of the molecule is CN(C)CCCNC(=O)NCCCNC(=O)c1ccccc1F. The van der Waals surface area contributed by atoms with Gasteiger partial charge in [-0.15, -0.1) is 0 Å². The van der Waals surface area contributed by atoms with Crippen molar-refractivity contribution in [3.63, 3.8) is 0 Å². The molecule has 0 heterocycles. The maximum Gasteiger partial charge on any atom is 0.314 e. The minimum absolute atomic E-state index is 0.0269. The first-order valence-corrected chi connectivity index (χ1v) is 7.70. The Hall–Kier alpha value is -2.15. The number of halogens is 1. The molecule has 3 N–H and O–H groups in total. The first-order valence-electron chi connectivity index (χ1n) is 7.70. The van der Waals surface area contributed by atoms with Crippen molar-refractivity contribution in [2.24, 2.45) is 0 Å². The van der Waals surface area contributed by atoms with E-state index < -0.39 is 11.7 Å². The molecule has 0 unspecified atom stereocenters. The van der Waals surface area contributed by atoms with E-state index in [4.69, 9.17) is 0 Å². The number of carbonyl (C=O) groups is 2. The summed E-state index contributed by atoms with van der Waals surface area (Å²) in [5, 5.41) is 8.09. The van der Waals surface area contributed by atoms with Crippen molar-refractivity contribution in [3.8, 4) is 0 Å². The van der Waals surface area contributed by atoms with Gasteiger partial charge in [0.25, 0.3) is 5.91 Å². The molecule has 0 spiro atoms. The van der Waals surface area contributed by atoms with E-state index in [0.29, 0.717) is 26.1 Å². The summed E-state index contributed by atoms with van der Waals surface area (Å²) in [5.74, 6) is -0.989. The van der Waals surface area contributed by atoms with E-state index in [9.17, 15) is 14.0 Å². The van der Waals surface area contributed by atoms with Gasteiger partial charge in [0.1, 0.15) is 5.82 Å². The van der Waals surface area contributed by atoms with Crippen LogP contribution in [0.1, 0.15) is 23.2 Å². The maximum absolute atomic E-state index is 13.4. The number of rotatable bonds is 9. The van der Waals surface area contributed by atoms with E-state index in [0.717, 1.165) is 13.0 Å². The monoisotopic (exact) mass is 324 g/mol. The van der Waals surface area contributed by atoms with E-state index in [1.807, 2.05) is 14.1 Å². The quantitative estimate of drug-likeness (QED) is 0.598. The molecule has 3 amide bonds. The third-order valence-electron chi connectivity index (χ3n) is 3.11. The molecule has 0 aliphatic carbocycles. The van der Waals surface area contributed by atoms with Crippen LogP contribution < -0.4 is 16.0 Å². The van der Waals surface area contributed by atoms with Gasteiger partial charge in [0, 0.05) is 19.6 Å². The molecule has 6 nitrogen and oxygen atoms in total. The van der Waals surface area contributed by atoms with Crippen molar-refractivity contribution in [3.05, 3.63) is 35.6 Å². The zero-order chi connectivity index (χ0) is 17.1. The molecule has 128 valence electrons. The predicted molar refractivity (Wildman–Crippen MR) is 87.9 cm³/mol. The third-order valence-corrected chi connectivity index (χ3v) is 3.11. The van der Waals surface area contributed by atoms with E-state index in [-0.39, 0.29) is 11.6 Å². The molecular weight excluding hydrogens is 299 g/mol. The highest BCUT2D eigenvalue weighted by Gasteiger charge is 2.09. The molecule has 1 aromatic rings. The molecule has 0 fully saturated rings. The van der Waals surface area contributed by atoms with Crippen LogP contribution >= 0.6 is 0 Å². The highest BCUT2D eigenvalue weighted by Crippen LogP contribution is 2.05. The number of hydrogen-bond acceptors (Lipinski definition) is 3. The molecule has 0 radical (unpaired) electrons. The summed E-state index contributed by atoms with van der Waals surface area (Å²) in [4.78, 5) is 25.3. The summed E-state index contributed by atoms with van der Waals surface area (Å²) in [5.41, 5.74) is 0.0269. The number of benzene rings is 1. The molecular formula is C16H25FN4O2. The Morgan fingerprint density at radius 1 is 1.00 bits per heavy atom. The number of carbonyl (C=O) groups excluding carboxylic acids is 2. The molecule has 0 aliphatic heterocycles. The van der Waals surface area contributed by atoms with Gasteiger partial charge in [-0.25, -0.2) is 9.18 Å². The van der Waals surface area contributed by atoms with Crippen LogP contribution in [-0.2, 0) is 0 Å². The fraction of sp³-hybridized carbons (Fsp3) is 0.500. The van der Waals surface area contributed by atoms with Gasteiger partial charge in [-0.05, 0) is 45.6 Å². The number of hydrogen-bond donors (Lipinski definition) is 3. The standard InChI is InChI=1S/C16H25FN4O2/c1-21(2)12-6-11-20-16(23)19-10-5-9-18-15(22)13-7-3-4-8-14(13)17/h3-4,7-8H,5-6,9-12H2,1-2H3,(H,18,22)(H2,19,20,23). The molecule has 0 aliphatic rings. The van der Waals surface area contributed by atoms with Gasteiger partial charge in [-0.3, -0.25) is 4.79 Å². The molecule has 0 saturated heterocycles. The van der Waals surface area contributed by atoms with Crippen molar-refractivity contribution in [1.82, 2.24) is 20.9 Å². The van der Waals surface area contributed by atoms with Crippen molar-refractivity contribution < 1.29 is 14.0 Å². The van der Waals surface area contributed by atoms with Gasteiger partial charge in [-0.2, -0.15) is 0 Å². The van der Waals surface area contributed by atoms with Crippen LogP contribution in [0.5, 0.6) is 0 Å². The number of nitrogens with one attached hydrogen (secondary N) is 3. The second-order valence-corrected chi connectivity index (χ2v) is 5.43. The van der Waals surface area contributed by atoms with Gasteiger partial charge in [0.2, 0.25) is 0 Å². The number of amides is 3. The molecule has 0 saturated carbocycles. The van der Waals surface area contributed by atoms with Crippen LogP contribution in [0, 0.1) is 5.82 Å². The Kier molecular flexibility index (Phi) is 8.67. The van der Waals surface area contributed by atoms with Gasteiger partial charge in [0.05, 0.1) is 5.56 Å². The lowest BCUT2D eigenvalue weighted by Crippen LogP contribution is -2.38. The lowest BCUT2D eigenvalue weighted by molar-refractivity contribution is 0.0949. The summed E-state index contributed by atoms with van der Waals surface area (Å²) in [6, 6.07) is 5.61. The number of nitrogens with zero attached hydrogens (tertiary/aromatic N) is 1. The van der Waals surface area contributed by atoms with E-state index in [2.05, 4.69) is 20.9 Å². The van der Waals surface area contributed by atoms with Crippen molar-refractivity contribution in [2.75, 3.05) is 40.3 Å². The fourth-order valence-electron chi connectivity index (χ4n) is 1.89. The summed E-state index contributed by atoms with van der Waals surface area (Å²) in [6.07, 6.45) is 1.46. The zero-order valence-electron chi connectivity index (χ0n) is 13.7. The first kappa shape index (κ1) is 18.9. The second-order valence-electron chi connectivity index (χ2n) is 5.43. The molecule has 1 rings (SSSR count). The molecule has 0 aromatic heterocycles. The predicted octanol–water partition coefficient (Wildman–Crippen LogP) is 1.20. The summed E-state index contributed by atoms with van der Waals surface area (Å²) in [6.45, 7) is 2.35. The summed E-state index contributed by atoms with van der Waals surface area (Å²) >= 11 is 0. The van der Waals surface area contributed by atoms with Crippen molar-refractivity contribution in [1.29, 1.82) is 0 Å². The Bertz CT molecular complexity index is 509. The molecule has 0 atom stereocenters. The topological polar surface area (TPSA) is 73.5 Å². The minimum Gasteiger partial charge on any atom is -0.352 e. The van der Waals surface area contributed by atoms with Crippen molar-refractivity contribution in [2.45, 2.75) is 12.8 Å². The lowest BCUT2D eigenvalue weighted by Gasteiger charge is -2.11. The normalized spacial score (nSPS) is 10.4.